The molecule has 2 unspecified atom stereocenters. The van der Waals surface area contributed by atoms with Crippen LogP contribution in [0.1, 0.15) is 32.3 Å². The van der Waals surface area contributed by atoms with E-state index in [1.54, 1.807) is 0 Å². The minimum atomic E-state index is -0.289. The van der Waals surface area contributed by atoms with E-state index in [1.807, 2.05) is 36.4 Å². The maximum absolute atomic E-state index is 12.7. The van der Waals surface area contributed by atoms with Crippen molar-refractivity contribution in [1.29, 1.82) is 0 Å². The minimum Gasteiger partial charge on any atom is -0.377 e. The Kier molecular flexibility index (Phi) is 8.78. The van der Waals surface area contributed by atoms with Crippen molar-refractivity contribution < 1.29 is 14.3 Å². The van der Waals surface area contributed by atoms with E-state index in [0.29, 0.717) is 49.8 Å². The number of morpholine rings is 2. The quantitative estimate of drug-likeness (QED) is 0.430. The molecule has 0 saturated carbocycles. The summed E-state index contributed by atoms with van der Waals surface area (Å²) in [4.78, 5) is 34.2. The first kappa shape index (κ1) is 28.3. The number of benzene rings is 2. The maximum Gasteiger partial charge on any atom is 0.323 e. The van der Waals surface area contributed by atoms with Gasteiger partial charge in [0.05, 0.1) is 38.5 Å². The number of hydrogen-bond acceptors (Lipinski definition) is 9. The fourth-order valence-corrected chi connectivity index (χ4v) is 5.68. The summed E-state index contributed by atoms with van der Waals surface area (Å²) in [6, 6.07) is 15.7. The van der Waals surface area contributed by atoms with Gasteiger partial charge in [0.2, 0.25) is 11.9 Å². The zero-order valence-electron chi connectivity index (χ0n) is 24.5. The molecule has 0 aliphatic carbocycles. The van der Waals surface area contributed by atoms with E-state index >= 15 is 0 Å². The van der Waals surface area contributed by atoms with Gasteiger partial charge in [-0.15, -0.1) is 0 Å². The van der Waals surface area contributed by atoms with Gasteiger partial charge in [-0.1, -0.05) is 12.1 Å². The number of carbonyl (C=O) groups is 1. The van der Waals surface area contributed by atoms with Crippen molar-refractivity contribution in [3.63, 3.8) is 0 Å². The molecule has 1 aromatic heterocycles. The van der Waals surface area contributed by atoms with E-state index in [4.69, 9.17) is 24.4 Å². The van der Waals surface area contributed by atoms with E-state index in [0.717, 1.165) is 44.0 Å². The molecule has 11 heteroatoms. The summed E-state index contributed by atoms with van der Waals surface area (Å²) in [5.74, 6) is 1.90. The second kappa shape index (κ2) is 13.0. The molecular formula is C31H40N8O3. The van der Waals surface area contributed by atoms with Crippen LogP contribution in [0, 0.1) is 0 Å². The van der Waals surface area contributed by atoms with Crippen LogP contribution in [0.2, 0.25) is 0 Å². The predicted molar refractivity (Wildman–Crippen MR) is 164 cm³/mol. The Hall–Kier alpha value is -3.80. The number of amides is 2. The molecule has 11 nitrogen and oxygen atoms in total. The summed E-state index contributed by atoms with van der Waals surface area (Å²) in [6.07, 6.45) is 2.56. The monoisotopic (exact) mass is 572 g/mol. The molecule has 4 heterocycles. The van der Waals surface area contributed by atoms with Gasteiger partial charge in [-0.25, -0.2) is 4.79 Å². The topological polar surface area (TPSA) is 108 Å². The van der Waals surface area contributed by atoms with Gasteiger partial charge in [0, 0.05) is 36.6 Å². The third-order valence-electron chi connectivity index (χ3n) is 8.08. The standard InChI is InChI=1S/C31H40N8O3/c1-22-20-41-17-15-38(22)29-34-28(35-30(36-29)39-16-18-42-21-23(39)2)25-7-11-27(12-8-25)33-31(40)32-26-9-5-24(6-10-26)19-37-13-3-4-14-37/h5-12,22-23H,3-4,13-21H2,1-2H3,(H2,32,33,40). The Morgan fingerprint density at radius 2 is 1.29 bits per heavy atom. The molecule has 3 fully saturated rings. The lowest BCUT2D eigenvalue weighted by molar-refractivity contribution is 0.0969. The Bertz CT molecular complexity index is 1310. The average molecular weight is 573 g/mol. The van der Waals surface area contributed by atoms with Gasteiger partial charge in [0.1, 0.15) is 0 Å². The highest BCUT2D eigenvalue weighted by molar-refractivity contribution is 5.99. The van der Waals surface area contributed by atoms with Crippen molar-refractivity contribution in [2.45, 2.75) is 45.3 Å². The van der Waals surface area contributed by atoms with E-state index in [1.165, 1.54) is 18.4 Å². The molecule has 3 aliphatic rings. The molecule has 3 aliphatic heterocycles. The number of rotatable bonds is 7. The molecule has 3 saturated heterocycles. The molecule has 2 atom stereocenters. The Morgan fingerprint density at radius 1 is 0.762 bits per heavy atom. The zero-order chi connectivity index (χ0) is 28.9. The minimum absolute atomic E-state index is 0.162. The first-order chi connectivity index (χ1) is 20.5. The molecule has 2 N–H and O–H groups in total. The lowest BCUT2D eigenvalue weighted by Crippen LogP contribution is -2.46. The Balaban J connectivity index is 1.14. The molecule has 6 rings (SSSR count). The van der Waals surface area contributed by atoms with Gasteiger partial charge >= 0.3 is 6.03 Å². The smallest absolute Gasteiger partial charge is 0.323 e. The fraction of sp³-hybridized carbons (Fsp3) is 0.484. The molecule has 2 aromatic carbocycles. The number of aromatic nitrogens is 3. The van der Waals surface area contributed by atoms with Crippen molar-refractivity contribution in [2.24, 2.45) is 0 Å². The van der Waals surface area contributed by atoms with Crippen molar-refractivity contribution in [2.75, 3.05) is 73.0 Å². The highest BCUT2D eigenvalue weighted by Crippen LogP contribution is 2.26. The molecule has 2 amide bonds. The van der Waals surface area contributed by atoms with Crippen LogP contribution in [-0.2, 0) is 16.0 Å². The van der Waals surface area contributed by atoms with Gasteiger partial charge in [-0.2, -0.15) is 15.0 Å². The van der Waals surface area contributed by atoms with Crippen molar-refractivity contribution >= 4 is 29.3 Å². The number of urea groups is 1. The van der Waals surface area contributed by atoms with Crippen LogP contribution in [0.4, 0.5) is 28.1 Å². The van der Waals surface area contributed by atoms with E-state index in [9.17, 15) is 4.79 Å². The fourth-order valence-electron chi connectivity index (χ4n) is 5.68. The molecule has 42 heavy (non-hydrogen) atoms. The van der Waals surface area contributed by atoms with Crippen molar-refractivity contribution in [1.82, 2.24) is 19.9 Å². The van der Waals surface area contributed by atoms with Crippen LogP contribution < -0.4 is 20.4 Å². The molecule has 3 aromatic rings. The summed E-state index contributed by atoms with van der Waals surface area (Å²) in [7, 11) is 0. The van der Waals surface area contributed by atoms with Crippen LogP contribution in [0.5, 0.6) is 0 Å². The van der Waals surface area contributed by atoms with Crippen molar-refractivity contribution in [3.8, 4) is 11.4 Å². The number of nitrogens with one attached hydrogen (secondary N) is 2. The second-order valence-electron chi connectivity index (χ2n) is 11.3. The first-order valence-electron chi connectivity index (χ1n) is 15.0. The van der Waals surface area contributed by atoms with Crippen LogP contribution in [0.25, 0.3) is 11.4 Å². The van der Waals surface area contributed by atoms with Gasteiger partial charge in [-0.05, 0) is 81.7 Å². The number of ether oxygens (including phenoxy) is 2. The third kappa shape index (κ3) is 6.80. The summed E-state index contributed by atoms with van der Waals surface area (Å²) in [5, 5.41) is 5.85. The lowest BCUT2D eigenvalue weighted by Gasteiger charge is -2.36. The van der Waals surface area contributed by atoms with Crippen LogP contribution in [-0.4, -0.2) is 90.6 Å². The van der Waals surface area contributed by atoms with Crippen LogP contribution >= 0.6 is 0 Å². The third-order valence-corrected chi connectivity index (χ3v) is 8.08. The number of hydrogen-bond donors (Lipinski definition) is 2. The zero-order valence-corrected chi connectivity index (χ0v) is 24.5. The molecule has 0 bridgehead atoms. The predicted octanol–water partition coefficient (Wildman–Crippen LogP) is 4.23. The normalized spacial score (nSPS) is 21.4. The number of likely N-dealkylation sites (tertiary alicyclic amines) is 1. The van der Waals surface area contributed by atoms with Gasteiger partial charge in [0.25, 0.3) is 0 Å². The van der Waals surface area contributed by atoms with Gasteiger partial charge in [-0.3, -0.25) is 4.90 Å². The van der Waals surface area contributed by atoms with Crippen LogP contribution in [0.15, 0.2) is 48.5 Å². The van der Waals surface area contributed by atoms with Gasteiger partial charge in [0.15, 0.2) is 5.82 Å². The average Bonchev–Trinajstić information content (AvgIpc) is 3.52. The highest BCUT2D eigenvalue weighted by atomic mass is 16.5. The molecule has 222 valence electrons. The van der Waals surface area contributed by atoms with E-state index in [-0.39, 0.29) is 18.1 Å². The summed E-state index contributed by atoms with van der Waals surface area (Å²) >= 11 is 0. The summed E-state index contributed by atoms with van der Waals surface area (Å²) < 4.78 is 11.3. The number of anilines is 4. The summed E-state index contributed by atoms with van der Waals surface area (Å²) in [6.45, 7) is 11.5. The van der Waals surface area contributed by atoms with E-state index in [2.05, 4.69) is 51.3 Å². The first-order valence-corrected chi connectivity index (χ1v) is 15.0. The second-order valence-corrected chi connectivity index (χ2v) is 11.3. The Labute approximate surface area is 247 Å². The number of carbonyl (C=O) groups excluding carboxylic acids is 1. The summed E-state index contributed by atoms with van der Waals surface area (Å²) in [5.41, 5.74) is 3.55. The molecule has 0 radical (unpaired) electrons. The van der Waals surface area contributed by atoms with Crippen molar-refractivity contribution in [3.05, 3.63) is 54.1 Å². The molecule has 0 spiro atoms. The number of nitrogens with zero attached hydrogens (tertiary/aromatic N) is 6. The molecular weight excluding hydrogens is 532 g/mol. The highest BCUT2D eigenvalue weighted by Gasteiger charge is 2.27. The maximum atomic E-state index is 12.7. The van der Waals surface area contributed by atoms with E-state index < -0.39 is 0 Å². The SMILES string of the molecule is CC1COCCN1c1nc(-c2ccc(NC(=O)Nc3ccc(CN4CCCC4)cc3)cc2)nc(N2CCOCC2C)n1. The Morgan fingerprint density at radius 3 is 1.81 bits per heavy atom. The van der Waals surface area contributed by atoms with Gasteiger partial charge < -0.3 is 29.9 Å². The van der Waals surface area contributed by atoms with Crippen LogP contribution in [0.3, 0.4) is 0 Å². The lowest BCUT2D eigenvalue weighted by atomic mass is 10.2. The largest absolute Gasteiger partial charge is 0.377 e.